The number of carbonyl (C=O) groups excluding carboxylic acids is 1. The van der Waals surface area contributed by atoms with Crippen molar-refractivity contribution >= 4 is 23.1 Å². The summed E-state index contributed by atoms with van der Waals surface area (Å²) < 4.78 is 30.7. The number of anilines is 1. The fraction of sp³-hybridized carbons (Fsp3) is 0.111. The molecular formula is C18H12F2N2OS. The molecular weight excluding hydrogens is 330 g/mol. The van der Waals surface area contributed by atoms with Crippen molar-refractivity contribution in [3.05, 3.63) is 70.6 Å². The zero-order valence-corrected chi connectivity index (χ0v) is 13.2. The van der Waals surface area contributed by atoms with E-state index >= 15 is 0 Å². The smallest absolute Gasteiger partial charge is 0.225 e. The molecule has 1 aliphatic heterocycles. The lowest BCUT2D eigenvalue weighted by Gasteiger charge is -2.22. The van der Waals surface area contributed by atoms with Crippen LogP contribution >= 0.6 is 11.5 Å². The van der Waals surface area contributed by atoms with E-state index in [0.29, 0.717) is 17.8 Å². The number of amides is 1. The molecule has 4 rings (SSSR count). The molecule has 3 nitrogen and oxygen atoms in total. The zero-order valence-electron chi connectivity index (χ0n) is 12.4. The van der Waals surface area contributed by atoms with E-state index in [1.165, 1.54) is 35.8 Å². The Bertz CT molecular complexity index is 904. The van der Waals surface area contributed by atoms with Crippen LogP contribution < -0.4 is 5.32 Å². The average Bonchev–Trinajstić information content (AvgIpc) is 2.99. The maximum absolute atomic E-state index is 13.2. The number of carbonyl (C=O) groups is 1. The highest BCUT2D eigenvalue weighted by molar-refractivity contribution is 7.07. The normalized spacial score (nSPS) is 16.6. The third-order valence-electron chi connectivity index (χ3n) is 4.08. The van der Waals surface area contributed by atoms with Crippen LogP contribution in [0.25, 0.3) is 11.3 Å². The number of nitrogens with zero attached hydrogens (tertiary/aromatic N) is 1. The molecule has 0 saturated carbocycles. The molecule has 120 valence electrons. The summed E-state index contributed by atoms with van der Waals surface area (Å²) in [6.45, 7) is 0. The maximum atomic E-state index is 13.2. The van der Waals surface area contributed by atoms with Crippen molar-refractivity contribution < 1.29 is 13.6 Å². The Balaban J connectivity index is 1.80. The summed E-state index contributed by atoms with van der Waals surface area (Å²) in [5.41, 5.74) is 2.92. The third kappa shape index (κ3) is 2.59. The second-order valence-corrected chi connectivity index (χ2v) is 6.44. The molecule has 0 aliphatic carbocycles. The second kappa shape index (κ2) is 5.79. The molecule has 1 atom stereocenters. The van der Waals surface area contributed by atoms with Gasteiger partial charge in [0.1, 0.15) is 17.3 Å². The van der Waals surface area contributed by atoms with Crippen LogP contribution in [-0.4, -0.2) is 10.3 Å². The molecule has 1 aliphatic rings. The lowest BCUT2D eigenvalue weighted by Crippen LogP contribution is -2.22. The van der Waals surface area contributed by atoms with Gasteiger partial charge in [-0.25, -0.2) is 8.78 Å². The van der Waals surface area contributed by atoms with Gasteiger partial charge in [0.15, 0.2) is 0 Å². The molecule has 2 heterocycles. The van der Waals surface area contributed by atoms with Crippen LogP contribution in [-0.2, 0) is 4.79 Å². The minimum Gasteiger partial charge on any atom is -0.323 e. The van der Waals surface area contributed by atoms with Crippen LogP contribution in [0.3, 0.4) is 0 Å². The predicted octanol–water partition coefficient (Wildman–Crippen LogP) is 4.56. The number of aromatic nitrogens is 1. The number of rotatable bonds is 2. The zero-order chi connectivity index (χ0) is 16.7. The Morgan fingerprint density at radius 1 is 1.00 bits per heavy atom. The van der Waals surface area contributed by atoms with Crippen LogP contribution in [0.15, 0.2) is 48.5 Å². The minimum atomic E-state index is -0.323. The first-order valence-corrected chi connectivity index (χ1v) is 8.20. The van der Waals surface area contributed by atoms with Crippen LogP contribution in [0.4, 0.5) is 14.5 Å². The number of nitrogens with one attached hydrogen (secondary N) is 1. The molecule has 24 heavy (non-hydrogen) atoms. The van der Waals surface area contributed by atoms with Gasteiger partial charge in [0.05, 0.1) is 10.6 Å². The van der Waals surface area contributed by atoms with E-state index in [9.17, 15) is 13.6 Å². The Morgan fingerprint density at radius 3 is 2.29 bits per heavy atom. The van der Waals surface area contributed by atoms with E-state index in [0.717, 1.165) is 16.0 Å². The summed E-state index contributed by atoms with van der Waals surface area (Å²) in [6.07, 6.45) is 0.295. The Hall–Kier alpha value is -2.60. The highest BCUT2D eigenvalue weighted by atomic mass is 32.1. The van der Waals surface area contributed by atoms with Gasteiger partial charge in [-0.3, -0.25) is 4.79 Å². The summed E-state index contributed by atoms with van der Waals surface area (Å²) in [5.74, 6) is -0.895. The van der Waals surface area contributed by atoms with Crippen molar-refractivity contribution in [2.45, 2.75) is 12.3 Å². The standard InChI is InChI=1S/C18H12F2N2OS/c19-12-5-1-10(2-6-12)14-9-15(23)21-17-16(22-24-18(14)17)11-3-7-13(20)8-4-11/h1-8,14H,9H2,(H,21,23). The van der Waals surface area contributed by atoms with Crippen molar-refractivity contribution in [3.8, 4) is 11.3 Å². The number of hydrogen-bond acceptors (Lipinski definition) is 3. The molecule has 6 heteroatoms. The van der Waals surface area contributed by atoms with Gasteiger partial charge in [-0.15, -0.1) is 0 Å². The van der Waals surface area contributed by atoms with Gasteiger partial charge < -0.3 is 5.32 Å². The molecule has 0 radical (unpaired) electrons. The molecule has 1 N–H and O–H groups in total. The fourth-order valence-corrected chi connectivity index (χ4v) is 3.87. The summed E-state index contributed by atoms with van der Waals surface area (Å²) in [5, 5.41) is 2.87. The number of fused-ring (bicyclic) bond motifs is 1. The van der Waals surface area contributed by atoms with Crippen LogP contribution in [0.2, 0.25) is 0 Å². The fourth-order valence-electron chi connectivity index (χ4n) is 2.90. The Labute approximate surface area is 141 Å². The Morgan fingerprint density at radius 2 is 1.62 bits per heavy atom. The van der Waals surface area contributed by atoms with E-state index in [-0.39, 0.29) is 23.5 Å². The molecule has 3 aromatic rings. The van der Waals surface area contributed by atoms with Crippen molar-refractivity contribution in [2.75, 3.05) is 5.32 Å². The first-order chi connectivity index (χ1) is 11.6. The number of halogens is 2. The topological polar surface area (TPSA) is 42.0 Å². The SMILES string of the molecule is O=C1CC(c2ccc(F)cc2)c2snc(-c3ccc(F)cc3)c2N1. The van der Waals surface area contributed by atoms with Crippen molar-refractivity contribution in [2.24, 2.45) is 0 Å². The van der Waals surface area contributed by atoms with Crippen molar-refractivity contribution in [1.29, 1.82) is 0 Å². The van der Waals surface area contributed by atoms with Gasteiger partial charge >= 0.3 is 0 Å². The van der Waals surface area contributed by atoms with Gasteiger partial charge in [-0.2, -0.15) is 4.37 Å². The van der Waals surface area contributed by atoms with Crippen molar-refractivity contribution in [3.63, 3.8) is 0 Å². The molecule has 0 bridgehead atoms. The summed E-state index contributed by atoms with van der Waals surface area (Å²) in [6, 6.07) is 12.2. The number of benzene rings is 2. The molecule has 0 fully saturated rings. The monoisotopic (exact) mass is 342 g/mol. The van der Waals surface area contributed by atoms with E-state index in [1.54, 1.807) is 24.3 Å². The van der Waals surface area contributed by atoms with Crippen LogP contribution in [0.1, 0.15) is 22.8 Å². The molecule has 1 amide bonds. The largest absolute Gasteiger partial charge is 0.323 e. The highest BCUT2D eigenvalue weighted by Crippen LogP contribution is 2.44. The average molecular weight is 342 g/mol. The third-order valence-corrected chi connectivity index (χ3v) is 5.04. The summed E-state index contributed by atoms with van der Waals surface area (Å²) >= 11 is 1.31. The van der Waals surface area contributed by atoms with Gasteiger partial charge in [0, 0.05) is 17.9 Å². The summed E-state index contributed by atoms with van der Waals surface area (Å²) in [7, 11) is 0. The van der Waals surface area contributed by atoms with Crippen LogP contribution in [0.5, 0.6) is 0 Å². The first-order valence-electron chi connectivity index (χ1n) is 7.42. The van der Waals surface area contributed by atoms with Gasteiger partial charge in [-0.1, -0.05) is 12.1 Å². The predicted molar refractivity (Wildman–Crippen MR) is 89.0 cm³/mol. The van der Waals surface area contributed by atoms with E-state index in [2.05, 4.69) is 9.69 Å². The number of hydrogen-bond donors (Lipinski definition) is 1. The lowest BCUT2D eigenvalue weighted by molar-refractivity contribution is -0.116. The van der Waals surface area contributed by atoms with Gasteiger partial charge in [0.25, 0.3) is 0 Å². The molecule has 2 aromatic carbocycles. The summed E-state index contributed by atoms with van der Waals surface area (Å²) in [4.78, 5) is 13.1. The molecule has 0 spiro atoms. The molecule has 1 aromatic heterocycles. The van der Waals surface area contributed by atoms with E-state index < -0.39 is 0 Å². The maximum Gasteiger partial charge on any atom is 0.225 e. The van der Waals surface area contributed by atoms with Gasteiger partial charge in [-0.05, 0) is 53.5 Å². The van der Waals surface area contributed by atoms with Crippen LogP contribution in [0, 0.1) is 11.6 Å². The second-order valence-electron chi connectivity index (χ2n) is 5.63. The molecule has 1 unspecified atom stereocenters. The Kier molecular flexibility index (Phi) is 3.61. The quantitative estimate of drug-likeness (QED) is 0.742. The van der Waals surface area contributed by atoms with Gasteiger partial charge in [0.2, 0.25) is 5.91 Å². The molecule has 0 saturated heterocycles. The van der Waals surface area contributed by atoms with Crippen molar-refractivity contribution in [1.82, 2.24) is 4.37 Å². The first kappa shape index (κ1) is 15.0. The minimum absolute atomic E-state index is 0.111. The highest BCUT2D eigenvalue weighted by Gasteiger charge is 2.31. The lowest BCUT2D eigenvalue weighted by atomic mass is 9.89. The van der Waals surface area contributed by atoms with E-state index in [1.807, 2.05) is 0 Å². The van der Waals surface area contributed by atoms with E-state index in [4.69, 9.17) is 0 Å².